The number of pyridine rings is 9. The molecule has 0 bridgehead atoms. The molecule has 1 saturated carbocycles. The second-order valence-electron chi connectivity index (χ2n) is 29.9. The van der Waals surface area contributed by atoms with Crippen molar-refractivity contribution in [3.8, 4) is 56.9 Å². The third-order valence-corrected chi connectivity index (χ3v) is 20.6. The third-order valence-electron chi connectivity index (χ3n) is 20.6. The van der Waals surface area contributed by atoms with Gasteiger partial charge in [-0.1, -0.05) is 175 Å². The smallest absolute Gasteiger partial charge is 0.218 e. The molecule has 0 aliphatic heterocycles. The molecule has 15 nitrogen and oxygen atoms in total. The molecule has 0 amide bonds. The van der Waals surface area contributed by atoms with Crippen LogP contribution in [0.25, 0.3) is 89.1 Å². The number of hydrogen-bond donors (Lipinski definition) is 2. The Morgan fingerprint density at radius 2 is 0.864 bits per heavy atom. The number of aryl methyl sites for hydroxylation is 6. The molecule has 0 radical (unpaired) electrons. The summed E-state index contributed by atoms with van der Waals surface area (Å²) >= 11 is 0. The monoisotopic (exact) mass is 1650 g/mol. The Hall–Kier alpha value is -15.9. The van der Waals surface area contributed by atoms with E-state index in [4.69, 9.17) is 0 Å². The lowest BCUT2D eigenvalue weighted by Gasteiger charge is -2.12. The number of rotatable bonds is 9. The first-order valence-corrected chi connectivity index (χ1v) is 41.7. The van der Waals surface area contributed by atoms with Gasteiger partial charge in [0.05, 0.1) is 5.39 Å². The molecular formula is C110H105N10O5+5. The van der Waals surface area contributed by atoms with Gasteiger partial charge in [-0.2, -0.15) is 13.7 Å². The van der Waals surface area contributed by atoms with Crippen LogP contribution in [0.4, 0.5) is 5.69 Å². The van der Waals surface area contributed by atoms with Crippen LogP contribution < -0.4 is 56.5 Å². The van der Waals surface area contributed by atoms with Crippen molar-refractivity contribution in [1.29, 1.82) is 0 Å². The third kappa shape index (κ3) is 26.8. The maximum Gasteiger partial charge on any atom is 0.218 e. The summed E-state index contributed by atoms with van der Waals surface area (Å²) < 4.78 is 18.4. The van der Waals surface area contributed by atoms with Gasteiger partial charge in [0.25, 0.3) is 0 Å². The fraction of sp³-hybridized carbons (Fsp3) is 0.100. The summed E-state index contributed by atoms with van der Waals surface area (Å²) in [7, 11) is 8.06. The Balaban J connectivity index is 0.000000129. The average Bonchev–Trinajstić information content (AvgIpc) is 1.06. The summed E-state index contributed by atoms with van der Waals surface area (Å²) in [5.74, 6) is 0.808. The summed E-state index contributed by atoms with van der Waals surface area (Å²) in [6.07, 6.45) is 39.9. The molecule has 0 unspecified atom stereocenters. The van der Waals surface area contributed by atoms with E-state index in [1.54, 1.807) is 59.3 Å². The number of benzene rings is 10. The number of aromatic hydroxyl groups is 2. The normalized spacial score (nSPS) is 11.1. The van der Waals surface area contributed by atoms with E-state index in [9.17, 15) is 25.5 Å². The van der Waals surface area contributed by atoms with E-state index in [0.717, 1.165) is 72.4 Å². The Bertz CT molecular complexity index is 6390. The summed E-state index contributed by atoms with van der Waals surface area (Å²) in [5, 5.41) is 58.3. The van der Waals surface area contributed by atoms with Crippen LogP contribution in [0, 0.1) is 13.8 Å². The molecule has 125 heavy (non-hydrogen) atoms. The van der Waals surface area contributed by atoms with E-state index >= 15 is 0 Å². The van der Waals surface area contributed by atoms with Crippen LogP contribution in [-0.2, 0) is 28.2 Å². The second kappa shape index (κ2) is 46.1. The highest BCUT2D eigenvalue weighted by atomic mass is 16.3. The fourth-order valence-electron chi connectivity index (χ4n) is 14.2. The maximum absolute atomic E-state index is 11.3. The van der Waals surface area contributed by atoms with Crippen molar-refractivity contribution in [2.75, 3.05) is 0 Å². The van der Waals surface area contributed by atoms with Gasteiger partial charge in [-0.3, -0.25) is 0 Å². The number of hydrogen-bond acceptors (Lipinski definition) is 5. The summed E-state index contributed by atoms with van der Waals surface area (Å²) in [6.45, 7) is 4.25. The van der Waals surface area contributed by atoms with Gasteiger partial charge in [0.1, 0.15) is 39.7 Å². The van der Waals surface area contributed by atoms with Crippen LogP contribution in [0.15, 0.2) is 451 Å². The minimum absolute atomic E-state index is 0.0419. The van der Waals surface area contributed by atoms with Crippen molar-refractivity contribution in [3.05, 3.63) is 479 Å². The summed E-state index contributed by atoms with van der Waals surface area (Å²) in [5.41, 5.74) is 18.2. The van der Waals surface area contributed by atoms with Crippen molar-refractivity contribution < 1.29 is 66.7 Å². The molecule has 0 saturated heterocycles. The molecule has 1 aliphatic rings. The lowest BCUT2D eigenvalue weighted by Crippen LogP contribution is -2.36. The van der Waals surface area contributed by atoms with Gasteiger partial charge in [0, 0.05) is 173 Å². The van der Waals surface area contributed by atoms with Gasteiger partial charge < -0.3 is 31.0 Å². The second-order valence-corrected chi connectivity index (χ2v) is 29.9. The van der Waals surface area contributed by atoms with Gasteiger partial charge in [-0.25, -0.2) is 27.5 Å². The minimum atomic E-state index is 0.0419. The standard InChI is InChI=1S/C17H13NO.C15H11NO.C15H16N.C11H10N2.C11H9NO.C11H12N.2C10H9NO.C10H14N/c19-17-10-6-15(7-11-17)14-4-8-16(9-5-14)18-12-2-1-3-13-18;17-15-9-8-14(16-10-4-1-5-11-16)12-6-2-3-7-13(12)15;1-13-6-5-7-14(12-13)9-10-15-8-3-4-11-16(15)2;1-3-7-11(8-4-1)12-13-9-5-2-6-10-13;13-11-6-4-10(5-7-11)12-8-2-1-3-9-12;1-9-5-3-6-10-7-4-8-12(2)11(9)10;1-11-6-2-3-8-7-9(12)4-5-10(8)11;1-11-6-5-9-8(7-11)3-2-4-10(9)12;1-4-8-11(9-5-1)10-6-2-3-7-10/h1-13H;1-11H;3-12H,1-2H3;1-10H;1-9H;3-8H,1-2H3;2*2-7H,1H3;1,4-5,8-10H,2-3,6-7H2/q;;+1;;;+1;;;+1/p+2/b;;10-9+;;;;;;. The zero-order valence-corrected chi connectivity index (χ0v) is 71.4. The van der Waals surface area contributed by atoms with Crippen molar-refractivity contribution in [2.24, 2.45) is 28.2 Å². The first-order chi connectivity index (χ1) is 61.0. The van der Waals surface area contributed by atoms with E-state index in [2.05, 4.69) is 198 Å². The van der Waals surface area contributed by atoms with Crippen LogP contribution >= 0.6 is 0 Å². The number of nitrogens with zero attached hydrogens (tertiary/aromatic N) is 10. The zero-order chi connectivity index (χ0) is 87.3. The quantitative estimate of drug-likeness (QED) is 0.138. The van der Waals surface area contributed by atoms with Crippen molar-refractivity contribution in [3.63, 3.8) is 0 Å². The highest BCUT2D eigenvalue weighted by molar-refractivity contribution is 5.93. The van der Waals surface area contributed by atoms with Crippen LogP contribution in [0.5, 0.6) is 28.7 Å². The average molecular weight is 1650 g/mol. The summed E-state index contributed by atoms with van der Waals surface area (Å²) in [4.78, 5) is 0. The van der Waals surface area contributed by atoms with Crippen molar-refractivity contribution in [2.45, 2.75) is 45.6 Å². The molecular weight excluding hydrogens is 1540 g/mol. The molecule has 10 aromatic carbocycles. The SMILES string of the molecule is C[n+]1ccc2c([O-])cccc2c1.C[n+]1cccc2cc(O)ccc21.Cc1cccc(/C=C/c2cccc[n+]2C)c1.Cc1cccc2ccc[n+](C)c12.Oc1ccc(-[n+]2ccccc2)c2ccccc12.[O-]c1ccc(-[n+]2ccccc2)cc1.[O-]c1ccc(-c2ccc(-[n+]3ccccc3)cc2)cc1.c1cc[n+](C2CCCC2)cc1.c1ccc([N-][n+]2ccccc2)cc1. The Kier molecular flexibility index (Phi) is 32.6. The van der Waals surface area contributed by atoms with E-state index in [0.29, 0.717) is 11.5 Å². The first-order valence-electron chi connectivity index (χ1n) is 41.7. The first kappa shape index (κ1) is 88.4. The number of phenolic OH excluding ortho intramolecular Hbond substituents is 2. The van der Waals surface area contributed by atoms with Gasteiger partial charge in [0.15, 0.2) is 99.0 Å². The molecule has 20 rings (SSSR count). The topological polar surface area (TPSA) is 159 Å². The molecule has 19 aromatic rings. The van der Waals surface area contributed by atoms with E-state index < -0.39 is 0 Å². The van der Waals surface area contributed by atoms with Gasteiger partial charge >= 0.3 is 0 Å². The number of para-hydroxylation sites is 1. The largest absolute Gasteiger partial charge is 0.872 e. The number of aromatic nitrogens is 9. The predicted octanol–water partition coefficient (Wildman–Crippen LogP) is 18.2. The lowest BCUT2D eigenvalue weighted by atomic mass is 10.1. The minimum Gasteiger partial charge on any atom is -0.872 e. The number of fused-ring (bicyclic) bond motifs is 4. The van der Waals surface area contributed by atoms with Crippen LogP contribution in [0.2, 0.25) is 0 Å². The van der Waals surface area contributed by atoms with Crippen LogP contribution in [0.3, 0.4) is 0 Å². The Morgan fingerprint density at radius 3 is 1.49 bits per heavy atom. The highest BCUT2D eigenvalue weighted by Gasteiger charge is 2.22. The molecule has 0 atom stereocenters. The molecule has 1 aliphatic carbocycles. The molecule has 9 aromatic heterocycles. The molecule has 9 heterocycles. The lowest BCUT2D eigenvalue weighted by molar-refractivity contribution is -0.721. The van der Waals surface area contributed by atoms with Crippen molar-refractivity contribution in [1.82, 2.24) is 0 Å². The van der Waals surface area contributed by atoms with E-state index in [1.165, 1.54) is 59.0 Å². The van der Waals surface area contributed by atoms with Crippen molar-refractivity contribution >= 4 is 61.2 Å². The van der Waals surface area contributed by atoms with Crippen LogP contribution in [0.1, 0.15) is 54.1 Å². The maximum atomic E-state index is 11.3. The van der Waals surface area contributed by atoms with Gasteiger partial charge in [0.2, 0.25) is 33.8 Å². The van der Waals surface area contributed by atoms with Crippen LogP contribution in [-0.4, -0.2) is 10.2 Å². The molecule has 2 N–H and O–H groups in total. The Labute approximate surface area is 732 Å². The molecule has 15 heteroatoms. The van der Waals surface area contributed by atoms with Gasteiger partial charge in [-0.05, 0) is 122 Å². The number of phenols is 2. The molecule has 0 spiro atoms. The zero-order valence-electron chi connectivity index (χ0n) is 71.4. The fourth-order valence-corrected chi connectivity index (χ4v) is 14.2. The van der Waals surface area contributed by atoms with E-state index in [1.807, 2.05) is 295 Å². The van der Waals surface area contributed by atoms with E-state index in [-0.39, 0.29) is 17.2 Å². The van der Waals surface area contributed by atoms with Gasteiger partial charge in [-0.15, -0.1) is 17.2 Å². The summed E-state index contributed by atoms with van der Waals surface area (Å²) in [6, 6.07) is 116. The predicted molar refractivity (Wildman–Crippen MR) is 492 cm³/mol. The Morgan fingerprint density at radius 1 is 0.360 bits per heavy atom. The highest BCUT2D eigenvalue weighted by Crippen LogP contribution is 2.29. The molecule has 1 fully saturated rings. The molecule has 620 valence electrons.